The molecule has 1 aromatic rings. The maximum Gasteiger partial charge on any atom is 0.118 e. The highest BCUT2D eigenvalue weighted by molar-refractivity contribution is 5.27. The number of rotatable bonds is 10. The van der Waals surface area contributed by atoms with E-state index in [-0.39, 0.29) is 6.10 Å². The lowest BCUT2D eigenvalue weighted by Gasteiger charge is -2.19. The van der Waals surface area contributed by atoms with Gasteiger partial charge in [-0.25, -0.2) is 0 Å². The number of ether oxygens (including phenoxy) is 1. The first-order valence-corrected chi connectivity index (χ1v) is 7.43. The van der Waals surface area contributed by atoms with E-state index in [0.29, 0.717) is 13.0 Å². The van der Waals surface area contributed by atoms with Crippen molar-refractivity contribution in [1.82, 2.24) is 10.2 Å². The summed E-state index contributed by atoms with van der Waals surface area (Å²) in [5.41, 5.74) is 1.13. The smallest absolute Gasteiger partial charge is 0.118 e. The van der Waals surface area contributed by atoms with Crippen molar-refractivity contribution in [3.63, 3.8) is 0 Å². The standard InChI is InChI=1S/C16H28N2O2/c1-4-18(5-2)11-10-17-13-15(19)12-14-6-8-16(20-3)9-7-14/h6-9,15,17,19H,4-5,10-13H2,1-3H3/t15-/m0/s1. The molecule has 0 saturated heterocycles. The lowest BCUT2D eigenvalue weighted by Crippen LogP contribution is -2.35. The quantitative estimate of drug-likeness (QED) is 0.638. The van der Waals surface area contributed by atoms with Crippen molar-refractivity contribution >= 4 is 0 Å². The maximum absolute atomic E-state index is 10.0. The number of hydrogen-bond donors (Lipinski definition) is 2. The second-order valence-electron chi connectivity index (χ2n) is 4.94. The summed E-state index contributed by atoms with van der Waals surface area (Å²) < 4.78 is 5.12. The second kappa shape index (κ2) is 9.75. The third-order valence-corrected chi connectivity index (χ3v) is 3.51. The second-order valence-corrected chi connectivity index (χ2v) is 4.94. The van der Waals surface area contributed by atoms with Gasteiger partial charge in [-0.15, -0.1) is 0 Å². The van der Waals surface area contributed by atoms with Crippen molar-refractivity contribution in [3.05, 3.63) is 29.8 Å². The zero-order valence-corrected chi connectivity index (χ0v) is 12.9. The molecule has 0 saturated carbocycles. The van der Waals surface area contributed by atoms with Crippen LogP contribution < -0.4 is 10.1 Å². The van der Waals surface area contributed by atoms with Crippen molar-refractivity contribution in [2.45, 2.75) is 26.4 Å². The molecule has 2 N–H and O–H groups in total. The molecule has 1 aromatic carbocycles. The average molecular weight is 280 g/mol. The molecule has 4 nitrogen and oxygen atoms in total. The number of nitrogens with zero attached hydrogens (tertiary/aromatic N) is 1. The van der Waals surface area contributed by atoms with Gasteiger partial charge in [0.15, 0.2) is 0 Å². The number of likely N-dealkylation sites (N-methyl/N-ethyl adjacent to an activating group) is 1. The van der Waals surface area contributed by atoms with Gasteiger partial charge in [0.25, 0.3) is 0 Å². The third-order valence-electron chi connectivity index (χ3n) is 3.51. The van der Waals surface area contributed by atoms with Gasteiger partial charge in [0.1, 0.15) is 5.75 Å². The van der Waals surface area contributed by atoms with Gasteiger partial charge in [0.05, 0.1) is 13.2 Å². The molecule has 0 amide bonds. The molecule has 0 heterocycles. The maximum atomic E-state index is 10.0. The third kappa shape index (κ3) is 6.37. The molecule has 0 spiro atoms. The van der Waals surface area contributed by atoms with Crippen LogP contribution in [0.15, 0.2) is 24.3 Å². The first-order valence-electron chi connectivity index (χ1n) is 7.43. The summed E-state index contributed by atoms with van der Waals surface area (Å²) in [6.45, 7) is 9.07. The summed E-state index contributed by atoms with van der Waals surface area (Å²) in [6, 6.07) is 7.85. The first-order chi connectivity index (χ1) is 9.69. The van der Waals surface area contributed by atoms with Gasteiger partial charge in [-0.1, -0.05) is 26.0 Å². The highest BCUT2D eigenvalue weighted by Gasteiger charge is 2.06. The van der Waals surface area contributed by atoms with Crippen LogP contribution in [0.1, 0.15) is 19.4 Å². The van der Waals surface area contributed by atoms with Crippen molar-refractivity contribution in [2.75, 3.05) is 39.8 Å². The van der Waals surface area contributed by atoms with Crippen LogP contribution in [0.3, 0.4) is 0 Å². The highest BCUT2D eigenvalue weighted by atomic mass is 16.5. The number of aliphatic hydroxyl groups excluding tert-OH is 1. The fourth-order valence-corrected chi connectivity index (χ4v) is 2.15. The van der Waals surface area contributed by atoms with Crippen molar-refractivity contribution < 1.29 is 9.84 Å². The van der Waals surface area contributed by atoms with E-state index in [9.17, 15) is 5.11 Å². The van der Waals surface area contributed by atoms with Crippen LogP contribution in [0, 0.1) is 0 Å². The van der Waals surface area contributed by atoms with E-state index in [1.165, 1.54) is 0 Å². The van der Waals surface area contributed by atoms with Crippen LogP contribution in [0.2, 0.25) is 0 Å². The SMILES string of the molecule is CCN(CC)CCNC[C@@H](O)Cc1ccc(OC)cc1. The molecule has 1 atom stereocenters. The summed E-state index contributed by atoms with van der Waals surface area (Å²) in [7, 11) is 1.66. The normalized spacial score (nSPS) is 12.7. The van der Waals surface area contributed by atoms with Gasteiger partial charge in [-0.05, 0) is 37.2 Å². The average Bonchev–Trinajstić information content (AvgIpc) is 2.48. The van der Waals surface area contributed by atoms with Gasteiger partial charge >= 0.3 is 0 Å². The molecule has 0 aliphatic rings. The number of aliphatic hydroxyl groups is 1. The van der Waals surface area contributed by atoms with E-state index in [1.54, 1.807) is 7.11 Å². The van der Waals surface area contributed by atoms with Crippen molar-refractivity contribution in [2.24, 2.45) is 0 Å². The van der Waals surface area contributed by atoms with Crippen LogP contribution in [-0.2, 0) is 6.42 Å². The topological polar surface area (TPSA) is 44.7 Å². The molecule has 0 unspecified atom stereocenters. The van der Waals surface area contributed by atoms with Crippen LogP contribution in [-0.4, -0.2) is 55.9 Å². The number of methoxy groups -OCH3 is 1. The van der Waals surface area contributed by atoms with Gasteiger partial charge in [0.2, 0.25) is 0 Å². The Hall–Kier alpha value is -1.10. The predicted octanol–water partition coefficient (Wildman–Crippen LogP) is 1.53. The van der Waals surface area contributed by atoms with E-state index >= 15 is 0 Å². The van der Waals surface area contributed by atoms with E-state index in [4.69, 9.17) is 4.74 Å². The Morgan fingerprint density at radius 3 is 2.40 bits per heavy atom. The van der Waals surface area contributed by atoms with E-state index in [1.807, 2.05) is 24.3 Å². The fourth-order valence-electron chi connectivity index (χ4n) is 2.15. The summed E-state index contributed by atoms with van der Waals surface area (Å²) in [6.07, 6.45) is 0.322. The molecule has 114 valence electrons. The zero-order chi connectivity index (χ0) is 14.8. The highest BCUT2D eigenvalue weighted by Crippen LogP contribution is 2.12. The molecule has 4 heteroatoms. The Kier molecular flexibility index (Phi) is 8.26. The number of nitrogens with one attached hydrogen (secondary N) is 1. The molecular formula is C16H28N2O2. The minimum atomic E-state index is -0.347. The molecule has 0 fully saturated rings. The fraction of sp³-hybridized carbons (Fsp3) is 0.625. The predicted molar refractivity (Wildman–Crippen MR) is 83.4 cm³/mol. The molecule has 0 aromatic heterocycles. The Morgan fingerprint density at radius 1 is 1.20 bits per heavy atom. The van der Waals surface area contributed by atoms with E-state index < -0.39 is 0 Å². The summed E-state index contributed by atoms with van der Waals surface area (Å²) in [4.78, 5) is 2.36. The van der Waals surface area contributed by atoms with Crippen LogP contribution in [0.25, 0.3) is 0 Å². The Bertz CT molecular complexity index is 350. The molecular weight excluding hydrogens is 252 g/mol. The van der Waals surface area contributed by atoms with E-state index in [2.05, 4.69) is 24.1 Å². The van der Waals surface area contributed by atoms with Gasteiger partial charge in [-0.2, -0.15) is 0 Å². The van der Waals surface area contributed by atoms with Crippen LogP contribution >= 0.6 is 0 Å². The molecule has 1 rings (SSSR count). The van der Waals surface area contributed by atoms with Crippen LogP contribution in [0.5, 0.6) is 5.75 Å². The largest absolute Gasteiger partial charge is 0.497 e. The van der Waals surface area contributed by atoms with Gasteiger partial charge in [-0.3, -0.25) is 0 Å². The van der Waals surface area contributed by atoms with Crippen molar-refractivity contribution in [1.29, 1.82) is 0 Å². The first kappa shape index (κ1) is 17.0. The lowest BCUT2D eigenvalue weighted by molar-refractivity contribution is 0.170. The van der Waals surface area contributed by atoms with Crippen molar-refractivity contribution in [3.8, 4) is 5.75 Å². The lowest BCUT2D eigenvalue weighted by atomic mass is 10.1. The zero-order valence-electron chi connectivity index (χ0n) is 12.9. The molecule has 0 aliphatic carbocycles. The van der Waals surface area contributed by atoms with Gasteiger partial charge in [0, 0.05) is 19.6 Å². The summed E-state index contributed by atoms with van der Waals surface area (Å²) in [5.74, 6) is 0.848. The molecule has 0 radical (unpaired) electrons. The monoisotopic (exact) mass is 280 g/mol. The number of benzene rings is 1. The Labute approximate surface area is 122 Å². The summed E-state index contributed by atoms with van der Waals surface area (Å²) >= 11 is 0. The molecule has 0 bridgehead atoms. The number of hydrogen-bond acceptors (Lipinski definition) is 4. The summed E-state index contributed by atoms with van der Waals surface area (Å²) in [5, 5.41) is 13.3. The van der Waals surface area contributed by atoms with Gasteiger partial charge < -0.3 is 20.1 Å². The molecule has 0 aliphatic heterocycles. The minimum absolute atomic E-state index is 0.347. The van der Waals surface area contributed by atoms with Crippen LogP contribution in [0.4, 0.5) is 0 Å². The molecule has 20 heavy (non-hydrogen) atoms. The minimum Gasteiger partial charge on any atom is -0.497 e. The Balaban J connectivity index is 2.20. The van der Waals surface area contributed by atoms with E-state index in [0.717, 1.165) is 37.5 Å². The Morgan fingerprint density at radius 2 is 1.85 bits per heavy atom.